The quantitative estimate of drug-likeness (QED) is 0.517. The minimum atomic E-state index is -1.27. The molecule has 0 spiro atoms. The lowest BCUT2D eigenvalue weighted by Crippen LogP contribution is -2.27. The SMILES string of the molecule is O=C=NC1(N=C=O)C=CC=C2CC=CC=C21. The van der Waals surface area contributed by atoms with Gasteiger partial charge in [-0.25, -0.2) is 9.59 Å². The van der Waals surface area contributed by atoms with Crippen molar-refractivity contribution in [2.75, 3.05) is 0 Å². The van der Waals surface area contributed by atoms with Crippen LogP contribution in [0, 0.1) is 0 Å². The molecule has 0 bridgehead atoms. The summed E-state index contributed by atoms with van der Waals surface area (Å²) in [4.78, 5) is 28.1. The predicted molar refractivity (Wildman–Crippen MR) is 58.0 cm³/mol. The topological polar surface area (TPSA) is 58.9 Å². The summed E-state index contributed by atoms with van der Waals surface area (Å²) in [5, 5.41) is 0. The molecule has 0 aromatic carbocycles. The van der Waals surface area contributed by atoms with Crippen LogP contribution in [0.4, 0.5) is 0 Å². The molecular formula is C12H8N2O2. The molecule has 16 heavy (non-hydrogen) atoms. The van der Waals surface area contributed by atoms with Gasteiger partial charge in [0.1, 0.15) is 0 Å². The molecule has 2 rings (SSSR count). The van der Waals surface area contributed by atoms with Crippen LogP contribution < -0.4 is 0 Å². The summed E-state index contributed by atoms with van der Waals surface area (Å²) >= 11 is 0. The maximum atomic E-state index is 10.4. The minimum absolute atomic E-state index is 0.726. The lowest BCUT2D eigenvalue weighted by Gasteiger charge is -2.27. The van der Waals surface area contributed by atoms with Crippen molar-refractivity contribution in [1.29, 1.82) is 0 Å². The Kier molecular flexibility index (Phi) is 2.61. The van der Waals surface area contributed by atoms with Crippen LogP contribution in [-0.2, 0) is 9.59 Å². The number of allylic oxidation sites excluding steroid dienone is 5. The number of nitrogens with zero attached hydrogens (tertiary/aromatic N) is 2. The van der Waals surface area contributed by atoms with Crippen molar-refractivity contribution < 1.29 is 9.59 Å². The highest BCUT2D eigenvalue weighted by Crippen LogP contribution is 2.37. The zero-order valence-corrected chi connectivity index (χ0v) is 8.38. The van der Waals surface area contributed by atoms with Crippen molar-refractivity contribution in [2.45, 2.75) is 12.1 Å². The van der Waals surface area contributed by atoms with Crippen LogP contribution in [-0.4, -0.2) is 17.8 Å². The molecule has 0 saturated heterocycles. The Labute approximate surface area is 92.1 Å². The summed E-state index contributed by atoms with van der Waals surface area (Å²) in [5.74, 6) is 0. The lowest BCUT2D eigenvalue weighted by atomic mass is 9.84. The van der Waals surface area contributed by atoms with Crippen molar-refractivity contribution in [3.63, 3.8) is 0 Å². The molecule has 0 saturated carbocycles. The normalized spacial score (nSPS) is 25.8. The van der Waals surface area contributed by atoms with Gasteiger partial charge in [-0.05, 0) is 18.1 Å². The van der Waals surface area contributed by atoms with E-state index >= 15 is 0 Å². The van der Waals surface area contributed by atoms with Gasteiger partial charge in [0.15, 0.2) is 0 Å². The Hall–Kier alpha value is -2.28. The van der Waals surface area contributed by atoms with E-state index in [2.05, 4.69) is 9.98 Å². The van der Waals surface area contributed by atoms with E-state index in [4.69, 9.17) is 0 Å². The van der Waals surface area contributed by atoms with Gasteiger partial charge in [0.05, 0.1) is 0 Å². The van der Waals surface area contributed by atoms with Gasteiger partial charge in [0.2, 0.25) is 17.8 Å². The summed E-state index contributed by atoms with van der Waals surface area (Å²) in [6.45, 7) is 0. The third-order valence-corrected chi connectivity index (χ3v) is 2.54. The number of hydrogen-bond donors (Lipinski definition) is 0. The lowest BCUT2D eigenvalue weighted by molar-refractivity contribution is 0.539. The number of rotatable bonds is 2. The predicted octanol–water partition coefficient (Wildman–Crippen LogP) is 1.74. The Bertz CT molecular complexity index is 507. The molecule has 2 aliphatic rings. The first kappa shape index (κ1) is 10.2. The number of isocyanates is 2. The number of hydrogen-bond acceptors (Lipinski definition) is 4. The smallest absolute Gasteiger partial charge is 0.211 e. The summed E-state index contributed by atoms with van der Waals surface area (Å²) in [6.07, 6.45) is 14.5. The van der Waals surface area contributed by atoms with E-state index in [1.54, 1.807) is 18.2 Å². The third kappa shape index (κ3) is 1.52. The molecule has 4 nitrogen and oxygen atoms in total. The fourth-order valence-corrected chi connectivity index (χ4v) is 1.84. The van der Waals surface area contributed by atoms with Crippen molar-refractivity contribution >= 4 is 12.2 Å². The van der Waals surface area contributed by atoms with Gasteiger partial charge in [-0.2, -0.15) is 9.98 Å². The third-order valence-electron chi connectivity index (χ3n) is 2.54. The highest BCUT2D eigenvalue weighted by molar-refractivity contribution is 5.58. The molecule has 2 aliphatic carbocycles. The zero-order chi connectivity index (χ0) is 11.4. The second-order valence-electron chi connectivity index (χ2n) is 3.40. The first-order valence-electron chi connectivity index (χ1n) is 4.76. The molecule has 4 heteroatoms. The van der Waals surface area contributed by atoms with E-state index in [1.165, 1.54) is 12.2 Å². The molecule has 0 unspecified atom stereocenters. The molecule has 0 aliphatic heterocycles. The number of carbonyl (C=O) groups excluding carboxylic acids is 2. The highest BCUT2D eigenvalue weighted by Gasteiger charge is 2.35. The van der Waals surface area contributed by atoms with E-state index in [0.717, 1.165) is 17.6 Å². The summed E-state index contributed by atoms with van der Waals surface area (Å²) in [6, 6.07) is 0. The molecule has 0 aromatic heterocycles. The fourth-order valence-electron chi connectivity index (χ4n) is 1.84. The van der Waals surface area contributed by atoms with Crippen molar-refractivity contribution in [1.82, 2.24) is 0 Å². The van der Waals surface area contributed by atoms with Crippen LogP contribution in [0.3, 0.4) is 0 Å². The summed E-state index contributed by atoms with van der Waals surface area (Å²) < 4.78 is 0. The average Bonchev–Trinajstić information content (AvgIpc) is 2.30. The van der Waals surface area contributed by atoms with Gasteiger partial charge >= 0.3 is 0 Å². The highest BCUT2D eigenvalue weighted by atomic mass is 16.1. The molecular weight excluding hydrogens is 204 g/mol. The second-order valence-corrected chi connectivity index (χ2v) is 3.40. The number of fused-ring (bicyclic) bond motifs is 1. The Morgan fingerprint density at radius 3 is 2.56 bits per heavy atom. The van der Waals surface area contributed by atoms with Gasteiger partial charge in [-0.15, -0.1) is 0 Å². The molecule has 0 radical (unpaired) electrons. The monoisotopic (exact) mass is 212 g/mol. The van der Waals surface area contributed by atoms with Gasteiger partial charge in [0.25, 0.3) is 0 Å². The largest absolute Gasteiger partial charge is 0.238 e. The second kappa shape index (κ2) is 4.07. The van der Waals surface area contributed by atoms with E-state index < -0.39 is 5.66 Å². The molecule has 78 valence electrons. The molecule has 0 N–H and O–H groups in total. The van der Waals surface area contributed by atoms with E-state index in [0.29, 0.717) is 0 Å². The van der Waals surface area contributed by atoms with Crippen molar-refractivity contribution in [2.24, 2.45) is 9.98 Å². The van der Waals surface area contributed by atoms with E-state index in [1.807, 2.05) is 18.2 Å². The first-order valence-corrected chi connectivity index (χ1v) is 4.76. The number of aliphatic imine (C=N–C) groups is 2. The molecule has 0 amide bonds. The van der Waals surface area contributed by atoms with Crippen LogP contribution in [0.5, 0.6) is 0 Å². The van der Waals surface area contributed by atoms with Crippen LogP contribution >= 0.6 is 0 Å². The zero-order valence-electron chi connectivity index (χ0n) is 8.38. The minimum Gasteiger partial charge on any atom is -0.211 e. The van der Waals surface area contributed by atoms with Gasteiger partial charge in [-0.3, -0.25) is 0 Å². The van der Waals surface area contributed by atoms with Crippen LogP contribution in [0.1, 0.15) is 6.42 Å². The Morgan fingerprint density at radius 2 is 1.88 bits per heavy atom. The van der Waals surface area contributed by atoms with Crippen LogP contribution in [0.2, 0.25) is 0 Å². The molecule has 0 aromatic rings. The van der Waals surface area contributed by atoms with Gasteiger partial charge in [0, 0.05) is 5.57 Å². The van der Waals surface area contributed by atoms with Crippen molar-refractivity contribution in [3.05, 3.63) is 47.6 Å². The molecule has 0 heterocycles. The van der Waals surface area contributed by atoms with Gasteiger partial charge < -0.3 is 0 Å². The van der Waals surface area contributed by atoms with Gasteiger partial charge in [-0.1, -0.05) is 30.4 Å². The van der Waals surface area contributed by atoms with Crippen molar-refractivity contribution in [3.8, 4) is 0 Å². The Morgan fingerprint density at radius 1 is 1.12 bits per heavy atom. The standard InChI is InChI=1S/C12H8N2O2/c15-8-13-12(14-9-16)7-3-5-10-4-1-2-6-11(10)12/h1-3,5-7H,4H2. The van der Waals surface area contributed by atoms with Crippen LogP contribution in [0.25, 0.3) is 0 Å². The van der Waals surface area contributed by atoms with E-state index in [-0.39, 0.29) is 0 Å². The first-order chi connectivity index (χ1) is 7.82. The van der Waals surface area contributed by atoms with Crippen LogP contribution in [0.15, 0.2) is 57.6 Å². The van der Waals surface area contributed by atoms with E-state index in [9.17, 15) is 9.59 Å². The summed E-state index contributed by atoms with van der Waals surface area (Å²) in [5.41, 5.74) is 0.449. The Balaban J connectivity index is 2.62. The maximum absolute atomic E-state index is 10.4. The molecule has 0 atom stereocenters. The summed E-state index contributed by atoms with van der Waals surface area (Å²) in [7, 11) is 0. The molecule has 0 fully saturated rings. The fraction of sp³-hybridized carbons (Fsp3) is 0.167. The maximum Gasteiger partial charge on any atom is 0.238 e. The average molecular weight is 212 g/mol.